The minimum absolute atomic E-state index is 0.0482. The van der Waals surface area contributed by atoms with E-state index in [9.17, 15) is 18.9 Å². The van der Waals surface area contributed by atoms with Crippen LogP contribution in [0.1, 0.15) is 16.8 Å². The predicted octanol–water partition coefficient (Wildman–Crippen LogP) is 1.23. The first-order valence-electron chi connectivity index (χ1n) is 4.59. The summed E-state index contributed by atoms with van der Waals surface area (Å²) in [6, 6.07) is 1.25. The molecule has 1 rings (SSSR count). The summed E-state index contributed by atoms with van der Waals surface area (Å²) in [6.45, 7) is -2.36. The fourth-order valence-electron chi connectivity index (χ4n) is 1.14. The second kappa shape index (κ2) is 5.75. The Morgan fingerprint density at radius 3 is 2.71 bits per heavy atom. The summed E-state index contributed by atoms with van der Waals surface area (Å²) in [5.74, 6) is 4.58. The molecule has 0 unspecified atom stereocenters. The van der Waals surface area contributed by atoms with Crippen LogP contribution in [0.3, 0.4) is 0 Å². The van der Waals surface area contributed by atoms with Gasteiger partial charge in [-0.2, -0.15) is 0 Å². The van der Waals surface area contributed by atoms with Crippen molar-refractivity contribution >= 4 is 5.82 Å². The van der Waals surface area contributed by atoms with Crippen molar-refractivity contribution in [2.45, 2.75) is 13.3 Å². The molecule has 0 amide bonds. The number of nitrogens with two attached hydrogens (primary N) is 1. The topological polar surface area (TPSA) is 82.0 Å². The lowest BCUT2D eigenvalue weighted by atomic mass is 10.1. The van der Waals surface area contributed by atoms with Crippen molar-refractivity contribution in [2.24, 2.45) is 0 Å². The number of hydrogen-bond acceptors (Lipinski definition) is 4. The first-order valence-corrected chi connectivity index (χ1v) is 4.59. The average molecular weight is 241 g/mol. The van der Waals surface area contributed by atoms with Gasteiger partial charge in [-0.1, -0.05) is 5.92 Å². The van der Waals surface area contributed by atoms with E-state index in [1.807, 2.05) is 0 Å². The van der Waals surface area contributed by atoms with Gasteiger partial charge in [-0.25, -0.2) is 13.8 Å². The molecule has 0 spiro atoms. The Morgan fingerprint density at radius 2 is 2.18 bits per heavy atom. The van der Waals surface area contributed by atoms with Crippen molar-refractivity contribution in [2.75, 3.05) is 12.3 Å². The van der Waals surface area contributed by atoms with Gasteiger partial charge in [0.15, 0.2) is 0 Å². The van der Waals surface area contributed by atoms with Crippen LogP contribution in [-0.2, 0) is 13.3 Å². The number of aromatic nitrogens is 1. The lowest BCUT2D eigenvalue weighted by Gasteiger charge is -2.05. The van der Waals surface area contributed by atoms with E-state index in [1.165, 1.54) is 6.07 Å². The molecule has 0 aromatic carbocycles. The number of nitrogens with zero attached hydrogens (tertiary/aromatic N) is 2. The van der Waals surface area contributed by atoms with Gasteiger partial charge in [0.25, 0.3) is 6.54 Å². The van der Waals surface area contributed by atoms with Crippen LogP contribution in [-0.4, -0.2) is 16.5 Å². The van der Waals surface area contributed by atoms with Crippen LogP contribution in [0.2, 0.25) is 0 Å². The van der Waals surface area contributed by atoms with Gasteiger partial charge in [-0.15, -0.1) is 0 Å². The number of nitrogen functional groups attached to an aromatic ring is 1. The minimum atomic E-state index is -0.925. The monoisotopic (exact) mass is 241 g/mol. The van der Waals surface area contributed by atoms with Crippen molar-refractivity contribution in [1.82, 2.24) is 4.98 Å². The SMILES string of the molecule is Nc1nc(CF)c(CF)cc1C#CC[N+](=O)[O-]. The molecule has 0 aliphatic rings. The highest BCUT2D eigenvalue weighted by Gasteiger charge is 2.08. The molecule has 0 atom stereocenters. The summed E-state index contributed by atoms with van der Waals surface area (Å²) in [5, 5.41) is 10.0. The quantitative estimate of drug-likeness (QED) is 0.490. The van der Waals surface area contributed by atoms with Crippen molar-refractivity contribution in [3.8, 4) is 11.8 Å². The second-order valence-electron chi connectivity index (χ2n) is 3.09. The van der Waals surface area contributed by atoms with E-state index >= 15 is 0 Å². The number of nitro groups is 1. The minimum Gasteiger partial charge on any atom is -0.383 e. The number of halogens is 2. The van der Waals surface area contributed by atoms with Crippen molar-refractivity contribution in [3.05, 3.63) is 33.0 Å². The molecule has 0 bridgehead atoms. The molecule has 0 saturated heterocycles. The predicted molar refractivity (Wildman–Crippen MR) is 57.0 cm³/mol. The maximum Gasteiger partial charge on any atom is 0.263 e. The van der Waals surface area contributed by atoms with Gasteiger partial charge < -0.3 is 5.73 Å². The highest BCUT2D eigenvalue weighted by atomic mass is 19.1. The Balaban J connectivity index is 3.07. The third-order valence-electron chi connectivity index (χ3n) is 1.92. The van der Waals surface area contributed by atoms with Gasteiger partial charge in [-0.3, -0.25) is 10.1 Å². The summed E-state index contributed by atoms with van der Waals surface area (Å²) >= 11 is 0. The van der Waals surface area contributed by atoms with E-state index in [0.29, 0.717) is 0 Å². The lowest BCUT2D eigenvalue weighted by Crippen LogP contribution is -2.03. The number of anilines is 1. The molecular weight excluding hydrogens is 232 g/mol. The molecule has 0 aliphatic heterocycles. The Bertz CT molecular complexity index is 494. The molecule has 1 aromatic rings. The Hall–Kier alpha value is -2.23. The number of hydrogen-bond donors (Lipinski definition) is 1. The molecule has 0 aliphatic carbocycles. The van der Waals surface area contributed by atoms with Gasteiger partial charge in [0.1, 0.15) is 19.2 Å². The van der Waals surface area contributed by atoms with Crippen molar-refractivity contribution in [1.29, 1.82) is 0 Å². The fraction of sp³-hybridized carbons (Fsp3) is 0.300. The molecule has 90 valence electrons. The van der Waals surface area contributed by atoms with Gasteiger partial charge in [-0.05, 0) is 12.0 Å². The van der Waals surface area contributed by atoms with Gasteiger partial charge >= 0.3 is 0 Å². The van der Waals surface area contributed by atoms with Crippen LogP contribution in [0.4, 0.5) is 14.6 Å². The maximum atomic E-state index is 12.5. The highest BCUT2D eigenvalue weighted by Crippen LogP contribution is 2.16. The fourth-order valence-corrected chi connectivity index (χ4v) is 1.14. The first kappa shape index (κ1) is 12.8. The Kier molecular flexibility index (Phi) is 4.34. The Morgan fingerprint density at radius 1 is 1.47 bits per heavy atom. The molecule has 0 saturated carbocycles. The van der Waals surface area contributed by atoms with Crippen LogP contribution in [0.5, 0.6) is 0 Å². The largest absolute Gasteiger partial charge is 0.383 e. The molecule has 7 heteroatoms. The summed E-state index contributed by atoms with van der Waals surface area (Å²) in [4.78, 5) is 13.1. The van der Waals surface area contributed by atoms with Crippen molar-refractivity contribution < 1.29 is 13.7 Å². The zero-order valence-corrected chi connectivity index (χ0v) is 8.74. The van der Waals surface area contributed by atoms with Crippen LogP contribution >= 0.6 is 0 Å². The van der Waals surface area contributed by atoms with E-state index in [-0.39, 0.29) is 22.6 Å². The van der Waals surface area contributed by atoms with E-state index in [4.69, 9.17) is 5.73 Å². The zero-order valence-electron chi connectivity index (χ0n) is 8.74. The molecule has 0 radical (unpaired) electrons. The third-order valence-corrected chi connectivity index (χ3v) is 1.92. The van der Waals surface area contributed by atoms with Gasteiger partial charge in [0.05, 0.1) is 11.3 Å². The molecule has 0 fully saturated rings. The normalized spacial score (nSPS) is 9.53. The van der Waals surface area contributed by atoms with Crippen LogP contribution in [0.25, 0.3) is 0 Å². The number of pyridine rings is 1. The molecule has 1 heterocycles. The Labute approximate surface area is 95.8 Å². The standard InChI is InChI=1S/C10H9F2N3O2/c11-5-8-4-7(2-1-3-15(16)17)10(13)14-9(8)6-12/h4H,3,5-6H2,(H2,13,14). The zero-order chi connectivity index (χ0) is 12.8. The van der Waals surface area contributed by atoms with Crippen LogP contribution < -0.4 is 5.73 Å². The van der Waals surface area contributed by atoms with Crippen LogP contribution in [0, 0.1) is 22.0 Å². The maximum absolute atomic E-state index is 12.5. The van der Waals surface area contributed by atoms with E-state index in [1.54, 1.807) is 0 Å². The molecular formula is C10H9F2N3O2. The summed E-state index contributed by atoms with van der Waals surface area (Å²) in [5.41, 5.74) is 5.60. The second-order valence-corrected chi connectivity index (χ2v) is 3.09. The molecule has 5 nitrogen and oxygen atoms in total. The van der Waals surface area contributed by atoms with Gasteiger partial charge in [0, 0.05) is 10.5 Å². The number of alkyl halides is 2. The van der Waals surface area contributed by atoms with E-state index in [0.717, 1.165) is 0 Å². The number of rotatable bonds is 3. The molecule has 17 heavy (non-hydrogen) atoms. The van der Waals surface area contributed by atoms with E-state index in [2.05, 4.69) is 16.8 Å². The smallest absolute Gasteiger partial charge is 0.263 e. The average Bonchev–Trinajstić information content (AvgIpc) is 2.30. The first-order chi connectivity index (χ1) is 8.08. The summed E-state index contributed by atoms with van der Waals surface area (Å²) < 4.78 is 25.0. The highest BCUT2D eigenvalue weighted by molar-refractivity contribution is 5.53. The van der Waals surface area contributed by atoms with Gasteiger partial charge in [0.2, 0.25) is 0 Å². The summed E-state index contributed by atoms with van der Waals surface area (Å²) in [6.07, 6.45) is 0. The third kappa shape index (κ3) is 3.38. The van der Waals surface area contributed by atoms with Crippen molar-refractivity contribution in [3.63, 3.8) is 0 Å². The lowest BCUT2D eigenvalue weighted by molar-refractivity contribution is -0.466. The molecule has 1 aromatic heterocycles. The van der Waals surface area contributed by atoms with E-state index < -0.39 is 24.8 Å². The molecule has 2 N–H and O–H groups in total. The van der Waals surface area contributed by atoms with Crippen LogP contribution in [0.15, 0.2) is 6.07 Å². The summed E-state index contributed by atoms with van der Waals surface area (Å²) in [7, 11) is 0.